The number of likely N-dealkylation sites (tertiary alicyclic amines) is 1. The monoisotopic (exact) mass is 310 g/mol. The zero-order valence-electron chi connectivity index (χ0n) is 11.6. The maximum Gasteiger partial charge on any atom is 0.308 e. The van der Waals surface area contributed by atoms with E-state index in [-0.39, 0.29) is 31.3 Å². The minimum Gasteiger partial charge on any atom is -0.481 e. The van der Waals surface area contributed by atoms with Crippen LogP contribution in [0, 0.1) is 5.92 Å². The van der Waals surface area contributed by atoms with Gasteiger partial charge in [-0.1, -0.05) is 6.07 Å². The highest BCUT2D eigenvalue weighted by Crippen LogP contribution is 2.17. The molecule has 0 radical (unpaired) electrons. The quantitative estimate of drug-likeness (QED) is 0.855. The number of nitrogens with zero attached hydrogens (tertiary/aromatic N) is 1. The predicted octanol–water partition coefficient (Wildman–Crippen LogP) is 1.19. The summed E-state index contributed by atoms with van der Waals surface area (Å²) >= 11 is 1.35. The summed E-state index contributed by atoms with van der Waals surface area (Å²) in [6.45, 7) is 1.14. The Labute approximate surface area is 126 Å². The lowest BCUT2D eigenvalue weighted by Crippen LogP contribution is -2.43. The number of carbonyl (C=O) groups is 3. The van der Waals surface area contributed by atoms with Crippen LogP contribution in [0.4, 0.5) is 0 Å². The molecule has 0 spiro atoms. The minimum absolute atomic E-state index is 0.104. The van der Waals surface area contributed by atoms with Gasteiger partial charge >= 0.3 is 5.97 Å². The van der Waals surface area contributed by atoms with Crippen LogP contribution >= 0.6 is 11.3 Å². The van der Waals surface area contributed by atoms with Crippen LogP contribution in [0.2, 0.25) is 0 Å². The first-order chi connectivity index (χ1) is 10.1. The molecule has 0 bridgehead atoms. The number of hydrogen-bond acceptors (Lipinski definition) is 4. The number of hydrogen-bond donors (Lipinski definition) is 2. The molecule has 21 heavy (non-hydrogen) atoms. The maximum atomic E-state index is 12.0. The van der Waals surface area contributed by atoms with Gasteiger partial charge in [0.25, 0.3) is 5.91 Å². The van der Waals surface area contributed by atoms with Crippen LogP contribution in [-0.4, -0.2) is 47.4 Å². The van der Waals surface area contributed by atoms with Crippen LogP contribution in [-0.2, 0) is 9.59 Å². The molecule has 2 rings (SSSR count). The van der Waals surface area contributed by atoms with Gasteiger partial charge in [-0.05, 0) is 24.3 Å². The summed E-state index contributed by atoms with van der Waals surface area (Å²) in [5.74, 6) is -1.60. The van der Waals surface area contributed by atoms with Gasteiger partial charge in [0, 0.05) is 26.1 Å². The van der Waals surface area contributed by atoms with Crippen LogP contribution in [0.1, 0.15) is 28.9 Å². The van der Waals surface area contributed by atoms with Gasteiger partial charge in [0.1, 0.15) is 0 Å². The van der Waals surface area contributed by atoms with Crippen molar-refractivity contribution >= 4 is 29.1 Å². The van der Waals surface area contributed by atoms with E-state index < -0.39 is 11.9 Å². The highest BCUT2D eigenvalue weighted by Gasteiger charge is 2.27. The van der Waals surface area contributed by atoms with Crippen molar-refractivity contribution in [3.05, 3.63) is 22.4 Å². The molecule has 1 fully saturated rings. The molecule has 1 atom stereocenters. The molecule has 1 aromatic rings. The van der Waals surface area contributed by atoms with Crippen LogP contribution in [0.3, 0.4) is 0 Å². The summed E-state index contributed by atoms with van der Waals surface area (Å²) in [6.07, 6.45) is 1.53. The third-order valence-electron chi connectivity index (χ3n) is 3.49. The normalized spacial score (nSPS) is 18.3. The Morgan fingerprint density at radius 3 is 2.90 bits per heavy atom. The number of thiophene rings is 1. The highest BCUT2D eigenvalue weighted by molar-refractivity contribution is 7.12. The summed E-state index contributed by atoms with van der Waals surface area (Å²) in [7, 11) is 0. The largest absolute Gasteiger partial charge is 0.481 e. The van der Waals surface area contributed by atoms with Crippen molar-refractivity contribution in [1.29, 1.82) is 0 Å². The molecule has 0 aromatic carbocycles. The molecule has 0 saturated carbocycles. The van der Waals surface area contributed by atoms with E-state index in [0.29, 0.717) is 24.3 Å². The first kappa shape index (κ1) is 15.5. The van der Waals surface area contributed by atoms with Crippen LogP contribution in [0.25, 0.3) is 0 Å². The van der Waals surface area contributed by atoms with Gasteiger partial charge in [-0.15, -0.1) is 11.3 Å². The predicted molar refractivity (Wildman–Crippen MR) is 78.2 cm³/mol. The summed E-state index contributed by atoms with van der Waals surface area (Å²) in [5, 5.41) is 13.5. The average molecular weight is 310 g/mol. The van der Waals surface area contributed by atoms with E-state index in [2.05, 4.69) is 5.32 Å². The molecule has 7 heteroatoms. The van der Waals surface area contributed by atoms with Crippen molar-refractivity contribution in [2.45, 2.75) is 19.3 Å². The maximum absolute atomic E-state index is 12.0. The lowest BCUT2D eigenvalue weighted by molar-refractivity contribution is -0.145. The number of piperidine rings is 1. The van der Waals surface area contributed by atoms with E-state index >= 15 is 0 Å². The molecule has 1 aliphatic rings. The average Bonchev–Trinajstić information content (AvgIpc) is 3.01. The fraction of sp³-hybridized carbons (Fsp3) is 0.500. The summed E-state index contributed by atoms with van der Waals surface area (Å²) in [5.41, 5.74) is 0. The van der Waals surface area contributed by atoms with Gasteiger partial charge in [-0.3, -0.25) is 14.4 Å². The number of nitrogens with one attached hydrogen (secondary N) is 1. The molecular formula is C14H18N2O4S. The van der Waals surface area contributed by atoms with Gasteiger partial charge in [-0.25, -0.2) is 0 Å². The van der Waals surface area contributed by atoms with Crippen molar-refractivity contribution < 1.29 is 19.5 Å². The van der Waals surface area contributed by atoms with Gasteiger partial charge in [0.2, 0.25) is 5.91 Å². The topological polar surface area (TPSA) is 86.7 Å². The fourth-order valence-electron chi connectivity index (χ4n) is 2.34. The number of carbonyl (C=O) groups excluding carboxylic acids is 2. The Morgan fingerprint density at radius 2 is 2.24 bits per heavy atom. The van der Waals surface area contributed by atoms with Crippen molar-refractivity contribution in [2.75, 3.05) is 19.6 Å². The van der Waals surface area contributed by atoms with Gasteiger partial charge in [0.05, 0.1) is 10.8 Å². The molecule has 1 aromatic heterocycles. The second-order valence-corrected chi connectivity index (χ2v) is 5.95. The number of amides is 2. The Hall–Kier alpha value is -1.89. The molecule has 2 N–H and O–H groups in total. The van der Waals surface area contributed by atoms with Crippen LogP contribution < -0.4 is 5.32 Å². The van der Waals surface area contributed by atoms with Crippen molar-refractivity contribution in [1.82, 2.24) is 10.2 Å². The molecule has 2 amide bonds. The molecule has 1 saturated heterocycles. The highest BCUT2D eigenvalue weighted by atomic mass is 32.1. The van der Waals surface area contributed by atoms with Crippen molar-refractivity contribution in [3.63, 3.8) is 0 Å². The zero-order chi connectivity index (χ0) is 15.2. The zero-order valence-corrected chi connectivity index (χ0v) is 12.4. The molecule has 0 aliphatic carbocycles. The molecule has 6 nitrogen and oxygen atoms in total. The molecular weight excluding hydrogens is 292 g/mol. The van der Waals surface area contributed by atoms with E-state index in [4.69, 9.17) is 5.11 Å². The number of aliphatic carboxylic acids is 1. The number of carboxylic acid groups (broad SMARTS) is 1. The Balaban J connectivity index is 1.74. The van der Waals surface area contributed by atoms with Gasteiger partial charge in [0.15, 0.2) is 0 Å². The van der Waals surface area contributed by atoms with Crippen molar-refractivity contribution in [3.8, 4) is 0 Å². The number of carboxylic acids is 1. The third-order valence-corrected chi connectivity index (χ3v) is 4.36. The van der Waals surface area contributed by atoms with E-state index in [1.807, 2.05) is 5.38 Å². The second kappa shape index (κ2) is 7.21. The Morgan fingerprint density at radius 1 is 1.43 bits per heavy atom. The third kappa shape index (κ3) is 4.29. The lowest BCUT2D eigenvalue weighted by Gasteiger charge is -2.30. The molecule has 0 unspecified atom stereocenters. The standard InChI is InChI=1S/C14H18N2O4S/c17-12(16-7-1-3-10(9-16)14(19)20)5-6-15-13(18)11-4-2-8-21-11/h2,4,8,10H,1,3,5-7,9H2,(H,15,18)(H,19,20)/t10-/m0/s1. The number of rotatable bonds is 5. The minimum atomic E-state index is -0.849. The smallest absolute Gasteiger partial charge is 0.308 e. The lowest BCUT2D eigenvalue weighted by atomic mass is 9.98. The summed E-state index contributed by atoms with van der Waals surface area (Å²) in [4.78, 5) is 36.9. The fourth-order valence-corrected chi connectivity index (χ4v) is 2.98. The molecule has 114 valence electrons. The SMILES string of the molecule is O=C(NCCC(=O)N1CCC[C@H](C(=O)O)C1)c1cccs1. The van der Waals surface area contributed by atoms with Gasteiger partial charge in [-0.2, -0.15) is 0 Å². The Kier molecular flexibility index (Phi) is 5.32. The van der Waals surface area contributed by atoms with Crippen molar-refractivity contribution in [2.24, 2.45) is 5.92 Å². The summed E-state index contributed by atoms with van der Waals surface area (Å²) < 4.78 is 0. The summed E-state index contributed by atoms with van der Waals surface area (Å²) in [6, 6.07) is 3.52. The molecule has 1 aliphatic heterocycles. The van der Waals surface area contributed by atoms with Gasteiger partial charge < -0.3 is 15.3 Å². The van der Waals surface area contributed by atoms with E-state index in [1.54, 1.807) is 17.0 Å². The van der Waals surface area contributed by atoms with E-state index in [0.717, 1.165) is 0 Å². The second-order valence-electron chi connectivity index (χ2n) is 5.00. The first-order valence-corrected chi connectivity index (χ1v) is 7.78. The first-order valence-electron chi connectivity index (χ1n) is 6.90. The molecule has 2 heterocycles. The van der Waals surface area contributed by atoms with Crippen LogP contribution in [0.5, 0.6) is 0 Å². The van der Waals surface area contributed by atoms with E-state index in [9.17, 15) is 14.4 Å². The Bertz CT molecular complexity index is 515. The van der Waals surface area contributed by atoms with Crippen LogP contribution in [0.15, 0.2) is 17.5 Å². The van der Waals surface area contributed by atoms with E-state index in [1.165, 1.54) is 11.3 Å².